The Kier molecular flexibility index (Phi) is 4.56. The van der Waals surface area contributed by atoms with E-state index in [0.717, 1.165) is 49.9 Å². The molecule has 3 N–H and O–H groups in total. The third-order valence-electron chi connectivity index (χ3n) is 5.63. The van der Waals surface area contributed by atoms with Crippen molar-refractivity contribution in [3.8, 4) is 0 Å². The van der Waals surface area contributed by atoms with Crippen molar-refractivity contribution in [3.05, 3.63) is 38.8 Å². The average molecular weight is 372 g/mol. The van der Waals surface area contributed by atoms with Crippen LogP contribution in [0.25, 0.3) is 0 Å². The van der Waals surface area contributed by atoms with Gasteiger partial charge in [-0.2, -0.15) is 5.10 Å². The zero-order valence-corrected chi connectivity index (χ0v) is 15.8. The molecule has 1 aliphatic carbocycles. The van der Waals surface area contributed by atoms with E-state index in [2.05, 4.69) is 22.5 Å². The number of nitrogens with zero attached hydrogens (tertiary/aromatic N) is 2. The van der Waals surface area contributed by atoms with Gasteiger partial charge in [0.1, 0.15) is 5.69 Å². The minimum Gasteiger partial charge on any atom is -0.364 e. The lowest BCUT2D eigenvalue weighted by molar-refractivity contribution is 0.0704. The maximum absolute atomic E-state index is 13.1. The van der Waals surface area contributed by atoms with E-state index in [0.29, 0.717) is 12.5 Å². The summed E-state index contributed by atoms with van der Waals surface area (Å²) in [6.07, 6.45) is 5.20. The highest BCUT2D eigenvalue weighted by Gasteiger charge is 2.30. The number of carbonyl (C=O) groups is 2. The third kappa shape index (κ3) is 3.16. The van der Waals surface area contributed by atoms with Gasteiger partial charge < -0.3 is 10.6 Å². The first kappa shape index (κ1) is 17.3. The minimum atomic E-state index is -0.532. The number of piperidine rings is 1. The standard InChI is InChI=1S/C19H24N4O2S/c1-11-4-5-13-14(10-26-17(13)7-11)19(25)23-6-2-3-12(9-23)15-8-16(18(20)24)22-21-15/h8,10-12H,2-7,9H2,1H3,(H2,20,24)(H,21,22)/t11-,12+/m0/s1. The minimum absolute atomic E-state index is 0.149. The number of aromatic amines is 1. The van der Waals surface area contributed by atoms with Crippen LogP contribution >= 0.6 is 11.3 Å². The number of aromatic nitrogens is 2. The summed E-state index contributed by atoms with van der Waals surface area (Å²) in [4.78, 5) is 27.7. The maximum atomic E-state index is 13.1. The van der Waals surface area contributed by atoms with Gasteiger partial charge in [0.15, 0.2) is 0 Å². The molecule has 2 atom stereocenters. The van der Waals surface area contributed by atoms with Crippen LogP contribution in [0.1, 0.15) is 69.1 Å². The molecule has 2 amide bonds. The van der Waals surface area contributed by atoms with Crippen LogP contribution in [0.2, 0.25) is 0 Å². The molecular formula is C19H24N4O2S. The fraction of sp³-hybridized carbons (Fsp3) is 0.526. The van der Waals surface area contributed by atoms with Crippen LogP contribution in [0.5, 0.6) is 0 Å². The van der Waals surface area contributed by atoms with Gasteiger partial charge in [0, 0.05) is 35.0 Å². The van der Waals surface area contributed by atoms with Gasteiger partial charge in [-0.05, 0) is 49.7 Å². The van der Waals surface area contributed by atoms with E-state index in [9.17, 15) is 9.59 Å². The van der Waals surface area contributed by atoms with Gasteiger partial charge in [0.2, 0.25) is 0 Å². The fourth-order valence-corrected chi connectivity index (χ4v) is 5.35. The van der Waals surface area contributed by atoms with Crippen molar-refractivity contribution in [3.63, 3.8) is 0 Å². The molecule has 0 bridgehead atoms. The molecule has 0 spiro atoms. The molecule has 26 heavy (non-hydrogen) atoms. The Balaban J connectivity index is 1.51. The molecule has 0 radical (unpaired) electrons. The van der Waals surface area contributed by atoms with Crippen LogP contribution < -0.4 is 5.73 Å². The quantitative estimate of drug-likeness (QED) is 0.868. The molecule has 1 saturated heterocycles. The number of rotatable bonds is 3. The molecule has 3 heterocycles. The first-order chi connectivity index (χ1) is 12.5. The number of primary amides is 1. The van der Waals surface area contributed by atoms with Gasteiger partial charge in [-0.3, -0.25) is 14.7 Å². The van der Waals surface area contributed by atoms with Gasteiger partial charge in [0.25, 0.3) is 11.8 Å². The molecule has 4 rings (SSSR count). The zero-order chi connectivity index (χ0) is 18.3. The number of amides is 2. The summed E-state index contributed by atoms with van der Waals surface area (Å²) >= 11 is 1.74. The maximum Gasteiger partial charge on any atom is 0.269 e. The van der Waals surface area contributed by atoms with Crippen molar-refractivity contribution in [2.45, 2.75) is 44.9 Å². The van der Waals surface area contributed by atoms with Crippen molar-refractivity contribution >= 4 is 23.2 Å². The Morgan fingerprint density at radius 3 is 3.00 bits per heavy atom. The Hall–Kier alpha value is -2.15. The highest BCUT2D eigenvalue weighted by Crippen LogP contribution is 2.34. The number of nitrogens with two attached hydrogens (primary N) is 1. The first-order valence-corrected chi connectivity index (χ1v) is 10.1. The molecule has 2 aromatic heterocycles. The van der Waals surface area contributed by atoms with Crippen molar-refractivity contribution in [1.82, 2.24) is 15.1 Å². The Morgan fingerprint density at radius 2 is 2.23 bits per heavy atom. The molecule has 7 heteroatoms. The van der Waals surface area contributed by atoms with Crippen molar-refractivity contribution in [2.24, 2.45) is 11.7 Å². The van der Waals surface area contributed by atoms with Gasteiger partial charge >= 0.3 is 0 Å². The SMILES string of the molecule is C[C@H]1CCc2c(C(=O)N3CCC[C@@H](c4cc(C(N)=O)n[nH]4)C3)csc2C1. The van der Waals surface area contributed by atoms with Crippen molar-refractivity contribution < 1.29 is 9.59 Å². The highest BCUT2D eigenvalue weighted by molar-refractivity contribution is 7.10. The number of H-pyrrole nitrogens is 1. The smallest absolute Gasteiger partial charge is 0.269 e. The molecule has 6 nitrogen and oxygen atoms in total. The summed E-state index contributed by atoms with van der Waals surface area (Å²) in [6, 6.07) is 1.72. The van der Waals surface area contributed by atoms with E-state index in [1.54, 1.807) is 17.4 Å². The van der Waals surface area contributed by atoms with E-state index >= 15 is 0 Å². The normalized spacial score (nSPS) is 22.9. The lowest BCUT2D eigenvalue weighted by atomic mass is 9.88. The van der Waals surface area contributed by atoms with Crippen LogP contribution in [0.4, 0.5) is 0 Å². The van der Waals surface area contributed by atoms with E-state index in [1.807, 2.05) is 4.90 Å². The molecule has 1 fully saturated rings. The first-order valence-electron chi connectivity index (χ1n) is 9.26. The Labute approximate surface area is 156 Å². The predicted molar refractivity (Wildman–Crippen MR) is 100 cm³/mol. The summed E-state index contributed by atoms with van der Waals surface area (Å²) in [6.45, 7) is 3.72. The molecule has 1 aliphatic heterocycles. The van der Waals surface area contributed by atoms with Gasteiger partial charge in [-0.1, -0.05) is 6.92 Å². The van der Waals surface area contributed by atoms with Crippen LogP contribution in [0.3, 0.4) is 0 Å². The van der Waals surface area contributed by atoms with E-state index < -0.39 is 5.91 Å². The summed E-state index contributed by atoms with van der Waals surface area (Å²) in [5.74, 6) is 0.498. The van der Waals surface area contributed by atoms with Crippen LogP contribution in [-0.2, 0) is 12.8 Å². The average Bonchev–Trinajstić information content (AvgIpc) is 3.28. The molecule has 0 unspecified atom stereocenters. The van der Waals surface area contributed by atoms with Crippen LogP contribution in [0, 0.1) is 5.92 Å². The number of carbonyl (C=O) groups excluding carboxylic acids is 2. The van der Waals surface area contributed by atoms with Gasteiger partial charge in [-0.25, -0.2) is 0 Å². The number of hydrogen-bond donors (Lipinski definition) is 2. The van der Waals surface area contributed by atoms with E-state index in [-0.39, 0.29) is 17.5 Å². The largest absolute Gasteiger partial charge is 0.364 e. The second-order valence-corrected chi connectivity index (χ2v) is 8.53. The predicted octanol–water partition coefficient (Wildman–Crippen LogP) is 2.71. The summed E-state index contributed by atoms with van der Waals surface area (Å²) in [5, 5.41) is 8.94. The molecule has 2 aliphatic rings. The van der Waals surface area contributed by atoms with Gasteiger partial charge in [0.05, 0.1) is 5.56 Å². The molecular weight excluding hydrogens is 348 g/mol. The number of likely N-dealkylation sites (tertiary alicyclic amines) is 1. The summed E-state index contributed by atoms with van der Waals surface area (Å²) < 4.78 is 0. The van der Waals surface area contributed by atoms with Crippen LogP contribution in [0.15, 0.2) is 11.4 Å². The van der Waals surface area contributed by atoms with E-state index in [1.165, 1.54) is 10.4 Å². The lowest BCUT2D eigenvalue weighted by Crippen LogP contribution is -2.39. The number of fused-ring (bicyclic) bond motifs is 1. The molecule has 2 aromatic rings. The Bertz CT molecular complexity index is 840. The summed E-state index contributed by atoms with van der Waals surface area (Å²) in [5.41, 5.74) is 8.61. The second kappa shape index (κ2) is 6.87. The second-order valence-electron chi connectivity index (χ2n) is 7.56. The van der Waals surface area contributed by atoms with Crippen LogP contribution in [-0.4, -0.2) is 40.0 Å². The summed E-state index contributed by atoms with van der Waals surface area (Å²) in [7, 11) is 0. The fourth-order valence-electron chi connectivity index (χ4n) is 4.11. The zero-order valence-electron chi connectivity index (χ0n) is 15.0. The van der Waals surface area contributed by atoms with Crippen molar-refractivity contribution in [2.75, 3.05) is 13.1 Å². The molecule has 138 valence electrons. The number of thiophene rings is 1. The highest BCUT2D eigenvalue weighted by atomic mass is 32.1. The van der Waals surface area contributed by atoms with Gasteiger partial charge in [-0.15, -0.1) is 11.3 Å². The lowest BCUT2D eigenvalue weighted by Gasteiger charge is -2.32. The number of nitrogens with one attached hydrogen (secondary N) is 1. The topological polar surface area (TPSA) is 92.1 Å². The number of hydrogen-bond acceptors (Lipinski definition) is 4. The Morgan fingerprint density at radius 1 is 1.38 bits per heavy atom. The van der Waals surface area contributed by atoms with Crippen molar-refractivity contribution in [1.29, 1.82) is 0 Å². The molecule has 0 aromatic carbocycles. The third-order valence-corrected chi connectivity index (χ3v) is 6.68. The van der Waals surface area contributed by atoms with E-state index in [4.69, 9.17) is 5.73 Å². The monoisotopic (exact) mass is 372 g/mol. The molecule has 0 saturated carbocycles.